The molecule has 2 fully saturated rings. The lowest BCUT2D eigenvalue weighted by atomic mass is 9.79. The molecule has 6 aromatic rings. The molecule has 244 valence electrons. The topological polar surface area (TPSA) is 0 Å². The summed E-state index contributed by atoms with van der Waals surface area (Å²) < 4.78 is 0. The van der Waals surface area contributed by atoms with Crippen LogP contribution in [0.4, 0.5) is 0 Å². The van der Waals surface area contributed by atoms with Crippen LogP contribution in [-0.2, 0) is 0 Å². The summed E-state index contributed by atoms with van der Waals surface area (Å²) in [5.41, 5.74) is 14.8. The van der Waals surface area contributed by atoms with Gasteiger partial charge in [0.05, 0.1) is 0 Å². The fraction of sp³-hybridized carbons (Fsp3) is 0.250. The minimum Gasteiger partial charge on any atom is -0.0683 e. The second kappa shape index (κ2) is 15.1. The summed E-state index contributed by atoms with van der Waals surface area (Å²) in [5.74, 6) is 0. The van der Waals surface area contributed by atoms with Crippen LogP contribution in [0.5, 0.6) is 0 Å². The quantitative estimate of drug-likeness (QED) is 0.143. The third kappa shape index (κ3) is 6.69. The third-order valence-electron chi connectivity index (χ3n) is 11.0. The monoisotopic (exact) mass is 654 g/mol. The van der Waals surface area contributed by atoms with Gasteiger partial charge < -0.3 is 0 Å². The maximum atomic E-state index is 2.57. The van der Waals surface area contributed by atoms with Crippen LogP contribution < -0.4 is 5.30 Å². The molecule has 0 nitrogen and oxygen atoms in total. The summed E-state index contributed by atoms with van der Waals surface area (Å²) >= 11 is 0. The number of benzene rings is 6. The first kappa shape index (κ1) is 32.0. The molecule has 0 bridgehead atoms. The lowest BCUT2D eigenvalue weighted by Gasteiger charge is -2.40. The molecule has 0 atom stereocenters. The van der Waals surface area contributed by atoms with Crippen molar-refractivity contribution >= 4 is 13.2 Å². The van der Waals surface area contributed by atoms with Gasteiger partial charge in [0.1, 0.15) is 0 Å². The van der Waals surface area contributed by atoms with Gasteiger partial charge in [-0.1, -0.05) is 192 Å². The summed E-state index contributed by atoms with van der Waals surface area (Å²) in [4.78, 5) is 0. The van der Waals surface area contributed by atoms with Gasteiger partial charge in [-0.25, -0.2) is 0 Å². The van der Waals surface area contributed by atoms with E-state index < -0.39 is 0 Å². The molecule has 0 N–H and O–H groups in total. The van der Waals surface area contributed by atoms with Crippen molar-refractivity contribution < 1.29 is 0 Å². The van der Waals surface area contributed by atoms with Crippen molar-refractivity contribution in [1.29, 1.82) is 0 Å². The Bertz CT molecular complexity index is 1930. The Morgan fingerprint density at radius 3 is 1.20 bits per heavy atom. The van der Waals surface area contributed by atoms with Gasteiger partial charge in [-0.3, -0.25) is 0 Å². The van der Waals surface area contributed by atoms with Gasteiger partial charge in [-0.2, -0.15) is 0 Å². The minimum absolute atomic E-state index is 0.297. The van der Waals surface area contributed by atoms with Crippen LogP contribution in [-0.4, -0.2) is 11.3 Å². The molecule has 0 saturated heterocycles. The number of rotatable bonds is 8. The van der Waals surface area contributed by atoms with E-state index in [1.807, 2.05) is 0 Å². The van der Waals surface area contributed by atoms with Crippen LogP contribution in [0.2, 0.25) is 0 Å². The molecule has 0 aromatic heterocycles. The van der Waals surface area contributed by atoms with Crippen molar-refractivity contribution in [1.82, 2.24) is 0 Å². The molecule has 2 saturated carbocycles. The van der Waals surface area contributed by atoms with Gasteiger partial charge in [-0.05, 0) is 104 Å². The Morgan fingerprint density at radius 2 is 0.714 bits per heavy atom. The average Bonchev–Trinajstić information content (AvgIpc) is 3.19. The van der Waals surface area contributed by atoms with Crippen molar-refractivity contribution in [2.24, 2.45) is 0 Å². The van der Waals surface area contributed by atoms with Crippen molar-refractivity contribution in [3.05, 3.63) is 152 Å². The zero-order chi connectivity index (χ0) is 32.8. The first-order chi connectivity index (χ1) is 24.4. The Balaban J connectivity index is 1.48. The molecule has 0 radical (unpaired) electrons. The largest absolute Gasteiger partial charge is 0.0683 e. The van der Waals surface area contributed by atoms with E-state index in [1.54, 1.807) is 5.30 Å². The van der Waals surface area contributed by atoms with Crippen LogP contribution >= 0.6 is 7.92 Å². The highest BCUT2D eigenvalue weighted by molar-refractivity contribution is 7.67. The van der Waals surface area contributed by atoms with E-state index in [9.17, 15) is 0 Å². The van der Waals surface area contributed by atoms with Crippen LogP contribution in [0.25, 0.3) is 55.6 Å². The number of hydrogen-bond acceptors (Lipinski definition) is 0. The molecular formula is C48H47P. The fourth-order valence-electron chi connectivity index (χ4n) is 8.78. The average molecular weight is 655 g/mol. The van der Waals surface area contributed by atoms with Crippen LogP contribution in [0, 0.1) is 0 Å². The molecule has 0 spiro atoms. The molecule has 0 heterocycles. The molecule has 0 aliphatic heterocycles. The zero-order valence-electron chi connectivity index (χ0n) is 28.6. The fourth-order valence-corrected chi connectivity index (χ4v) is 12.7. The van der Waals surface area contributed by atoms with E-state index in [-0.39, 0.29) is 7.92 Å². The highest BCUT2D eigenvalue weighted by Crippen LogP contribution is 2.58. The van der Waals surface area contributed by atoms with Crippen molar-refractivity contribution in [2.45, 2.75) is 75.5 Å². The molecule has 0 amide bonds. The summed E-state index contributed by atoms with van der Waals surface area (Å²) in [7, 11) is -0.297. The van der Waals surface area contributed by atoms with Crippen LogP contribution in [0.1, 0.15) is 64.2 Å². The van der Waals surface area contributed by atoms with E-state index in [0.717, 1.165) is 11.3 Å². The summed E-state index contributed by atoms with van der Waals surface area (Å²) in [6.07, 6.45) is 14.0. The molecular weight excluding hydrogens is 608 g/mol. The Kier molecular flexibility index (Phi) is 9.86. The second-order valence-electron chi connectivity index (χ2n) is 14.1. The van der Waals surface area contributed by atoms with Crippen molar-refractivity contribution in [3.63, 3.8) is 0 Å². The maximum Gasteiger partial charge on any atom is -0.00143 e. The highest BCUT2D eigenvalue weighted by atomic mass is 31.1. The molecule has 2 aliphatic rings. The molecule has 49 heavy (non-hydrogen) atoms. The predicted octanol–water partition coefficient (Wildman–Crippen LogP) is 13.8. The van der Waals surface area contributed by atoms with Crippen LogP contribution in [0.3, 0.4) is 0 Å². The first-order valence-corrected chi connectivity index (χ1v) is 20.2. The molecule has 2 aliphatic carbocycles. The minimum atomic E-state index is -0.297. The Labute approximate surface area is 295 Å². The number of hydrogen-bond donors (Lipinski definition) is 0. The van der Waals surface area contributed by atoms with E-state index in [0.29, 0.717) is 0 Å². The summed E-state index contributed by atoms with van der Waals surface area (Å²) in [6.45, 7) is 0. The normalized spacial score (nSPS) is 15.8. The Hall–Kier alpha value is -4.25. The van der Waals surface area contributed by atoms with E-state index in [1.165, 1.54) is 120 Å². The van der Waals surface area contributed by atoms with Crippen molar-refractivity contribution in [2.75, 3.05) is 0 Å². The zero-order valence-corrected chi connectivity index (χ0v) is 29.5. The Morgan fingerprint density at radius 1 is 0.327 bits per heavy atom. The predicted molar refractivity (Wildman–Crippen MR) is 214 cm³/mol. The SMILES string of the molecule is c1ccc(-c2cc(-c3ccccc3P(C3CCCCC3)C3CCCCC3)c(-c3ccccc3)c(-c3ccccc3)c2-c2ccccc2)cc1. The molecule has 6 aromatic carbocycles. The van der Waals surface area contributed by atoms with Crippen LogP contribution in [0.15, 0.2) is 152 Å². The van der Waals surface area contributed by atoms with Gasteiger partial charge in [0.2, 0.25) is 0 Å². The van der Waals surface area contributed by atoms with Gasteiger partial charge in [0.25, 0.3) is 0 Å². The van der Waals surface area contributed by atoms with E-state index in [2.05, 4.69) is 152 Å². The van der Waals surface area contributed by atoms with Gasteiger partial charge in [0.15, 0.2) is 0 Å². The van der Waals surface area contributed by atoms with E-state index >= 15 is 0 Å². The van der Waals surface area contributed by atoms with Gasteiger partial charge in [0, 0.05) is 0 Å². The molecule has 1 heteroatoms. The lowest BCUT2D eigenvalue weighted by Crippen LogP contribution is -2.27. The van der Waals surface area contributed by atoms with E-state index in [4.69, 9.17) is 0 Å². The third-order valence-corrected chi connectivity index (χ3v) is 14.6. The molecule has 8 rings (SSSR count). The van der Waals surface area contributed by atoms with Gasteiger partial charge in [-0.15, -0.1) is 0 Å². The lowest BCUT2D eigenvalue weighted by molar-refractivity contribution is 0.487. The van der Waals surface area contributed by atoms with Crippen molar-refractivity contribution in [3.8, 4) is 55.6 Å². The standard InChI is InChI=1S/C48H47P/c1-7-21-36(22-8-1)43-35-44(42-33-19-20-34-45(42)49(40-29-15-5-16-30-40)41-31-17-6-18-32-41)47(38-25-11-3-12-26-38)48(39-27-13-4-14-28-39)46(43)37-23-9-2-10-24-37/h1-4,7-14,19-28,33-35,40-41H,5-6,15-18,29-32H2. The van der Waals surface area contributed by atoms with Gasteiger partial charge >= 0.3 is 0 Å². The first-order valence-electron chi connectivity index (χ1n) is 18.7. The second-order valence-corrected chi connectivity index (χ2v) is 16.8. The summed E-state index contributed by atoms with van der Waals surface area (Å²) in [6, 6.07) is 56.9. The molecule has 0 unspecified atom stereocenters. The smallest absolute Gasteiger partial charge is 0.00143 e. The summed E-state index contributed by atoms with van der Waals surface area (Å²) in [5, 5.41) is 1.65. The highest BCUT2D eigenvalue weighted by Gasteiger charge is 2.34. The maximum absolute atomic E-state index is 2.57.